The van der Waals surface area contributed by atoms with Gasteiger partial charge in [0.05, 0.1) is 6.10 Å². The van der Waals surface area contributed by atoms with Crippen molar-refractivity contribution in [2.75, 3.05) is 26.2 Å². The summed E-state index contributed by atoms with van der Waals surface area (Å²) in [6.45, 7) is 9.90. The smallest absolute Gasteiger partial charge is 0.119 e. The number of ether oxygens (including phenoxy) is 1. The van der Waals surface area contributed by atoms with E-state index >= 15 is 0 Å². The van der Waals surface area contributed by atoms with Crippen molar-refractivity contribution in [1.82, 2.24) is 10.2 Å². The van der Waals surface area contributed by atoms with Crippen LogP contribution in [0.5, 0.6) is 5.75 Å². The molecule has 3 heteroatoms. The average molecular weight is 262 g/mol. The Bertz CT molecular complexity index is 356. The second-order valence-electron chi connectivity index (χ2n) is 5.36. The van der Waals surface area contributed by atoms with E-state index in [9.17, 15) is 0 Å². The third kappa shape index (κ3) is 4.84. The maximum Gasteiger partial charge on any atom is 0.119 e. The van der Waals surface area contributed by atoms with Crippen molar-refractivity contribution in [3.05, 3.63) is 29.8 Å². The first-order valence-electron chi connectivity index (χ1n) is 7.46. The lowest BCUT2D eigenvalue weighted by molar-refractivity contribution is 0.217. The van der Waals surface area contributed by atoms with Crippen LogP contribution < -0.4 is 10.1 Å². The molecule has 1 aliphatic rings. The Morgan fingerprint density at radius 1 is 1.21 bits per heavy atom. The molecule has 0 bridgehead atoms. The summed E-state index contributed by atoms with van der Waals surface area (Å²) in [4.78, 5) is 2.52. The third-order valence-electron chi connectivity index (χ3n) is 3.67. The van der Waals surface area contributed by atoms with Gasteiger partial charge in [-0.1, -0.05) is 19.1 Å². The summed E-state index contributed by atoms with van der Waals surface area (Å²) in [6.07, 6.45) is 2.58. The van der Waals surface area contributed by atoms with Gasteiger partial charge in [0.2, 0.25) is 0 Å². The van der Waals surface area contributed by atoms with Gasteiger partial charge < -0.3 is 10.1 Å². The molecular weight excluding hydrogens is 236 g/mol. The van der Waals surface area contributed by atoms with E-state index in [1.165, 1.54) is 18.5 Å². The number of hydrogen-bond acceptors (Lipinski definition) is 3. The highest BCUT2D eigenvalue weighted by Gasteiger charge is 2.09. The van der Waals surface area contributed by atoms with Crippen molar-refractivity contribution in [3.8, 4) is 5.75 Å². The zero-order valence-electron chi connectivity index (χ0n) is 12.2. The Kier molecular flexibility index (Phi) is 5.67. The summed E-state index contributed by atoms with van der Waals surface area (Å²) in [5.74, 6) is 0.982. The Balaban J connectivity index is 1.87. The van der Waals surface area contributed by atoms with Gasteiger partial charge in [-0.05, 0) is 50.6 Å². The number of nitrogens with one attached hydrogen (secondary N) is 1. The molecule has 1 saturated heterocycles. The molecule has 1 atom stereocenters. The normalized spacial score (nSPS) is 18.8. The van der Waals surface area contributed by atoms with Gasteiger partial charge in [-0.2, -0.15) is 0 Å². The first-order valence-corrected chi connectivity index (χ1v) is 7.46. The van der Waals surface area contributed by atoms with Crippen molar-refractivity contribution < 1.29 is 4.74 Å². The molecule has 0 aromatic heterocycles. The van der Waals surface area contributed by atoms with Crippen molar-refractivity contribution in [2.45, 2.75) is 39.3 Å². The van der Waals surface area contributed by atoms with Gasteiger partial charge in [0.1, 0.15) is 5.75 Å². The molecule has 1 N–H and O–H groups in total. The van der Waals surface area contributed by atoms with Crippen LogP contribution in [-0.2, 0) is 6.54 Å². The molecule has 0 amide bonds. The van der Waals surface area contributed by atoms with E-state index < -0.39 is 0 Å². The number of hydrogen-bond donors (Lipinski definition) is 1. The van der Waals surface area contributed by atoms with Gasteiger partial charge in [-0.15, -0.1) is 0 Å². The van der Waals surface area contributed by atoms with Crippen LogP contribution in [0, 0.1) is 0 Å². The topological polar surface area (TPSA) is 24.5 Å². The van der Waals surface area contributed by atoms with Crippen molar-refractivity contribution in [1.29, 1.82) is 0 Å². The first kappa shape index (κ1) is 14.4. The van der Waals surface area contributed by atoms with E-state index in [2.05, 4.69) is 48.3 Å². The fraction of sp³-hybridized carbons (Fsp3) is 0.625. The van der Waals surface area contributed by atoms with E-state index in [1.54, 1.807) is 0 Å². The summed E-state index contributed by atoms with van der Waals surface area (Å²) in [5.41, 5.74) is 1.37. The SMILES string of the molecule is CCC(C)Oc1ccc(CN2CCCNCC2)cc1. The molecule has 1 aliphatic heterocycles. The fourth-order valence-electron chi connectivity index (χ4n) is 2.31. The highest BCUT2D eigenvalue weighted by atomic mass is 16.5. The molecule has 1 aromatic rings. The third-order valence-corrected chi connectivity index (χ3v) is 3.67. The predicted octanol–water partition coefficient (Wildman–Crippen LogP) is 2.66. The summed E-state index contributed by atoms with van der Waals surface area (Å²) in [5, 5.41) is 3.44. The largest absolute Gasteiger partial charge is 0.491 e. The average Bonchev–Trinajstić information content (AvgIpc) is 2.69. The molecular formula is C16H26N2O. The minimum absolute atomic E-state index is 0.294. The van der Waals surface area contributed by atoms with Crippen LogP contribution in [0.3, 0.4) is 0 Å². The van der Waals surface area contributed by atoms with Gasteiger partial charge in [0, 0.05) is 19.6 Å². The zero-order chi connectivity index (χ0) is 13.5. The van der Waals surface area contributed by atoms with E-state index in [1.807, 2.05) is 0 Å². The number of rotatable bonds is 5. The molecule has 1 aromatic carbocycles. The van der Waals surface area contributed by atoms with Crippen molar-refractivity contribution in [2.24, 2.45) is 0 Å². The van der Waals surface area contributed by atoms with Crippen LogP contribution in [0.1, 0.15) is 32.3 Å². The fourth-order valence-corrected chi connectivity index (χ4v) is 2.31. The van der Waals surface area contributed by atoms with E-state index in [-0.39, 0.29) is 0 Å². The molecule has 1 fully saturated rings. The van der Waals surface area contributed by atoms with Gasteiger partial charge in [0.15, 0.2) is 0 Å². The highest BCUT2D eigenvalue weighted by Crippen LogP contribution is 2.16. The van der Waals surface area contributed by atoms with Gasteiger partial charge in [-0.3, -0.25) is 4.90 Å². The van der Waals surface area contributed by atoms with Crippen LogP contribution >= 0.6 is 0 Å². The second-order valence-corrected chi connectivity index (χ2v) is 5.36. The maximum absolute atomic E-state index is 5.80. The summed E-state index contributed by atoms with van der Waals surface area (Å²) in [6, 6.07) is 8.57. The Morgan fingerprint density at radius 2 is 2.00 bits per heavy atom. The Labute approximate surface area is 116 Å². The van der Waals surface area contributed by atoms with E-state index in [0.717, 1.165) is 38.3 Å². The van der Waals surface area contributed by atoms with Crippen LogP contribution in [-0.4, -0.2) is 37.2 Å². The van der Waals surface area contributed by atoms with Crippen LogP contribution in [0.2, 0.25) is 0 Å². The lowest BCUT2D eigenvalue weighted by Gasteiger charge is -2.19. The lowest BCUT2D eigenvalue weighted by atomic mass is 10.2. The monoisotopic (exact) mass is 262 g/mol. The molecule has 0 spiro atoms. The van der Waals surface area contributed by atoms with E-state index in [4.69, 9.17) is 4.74 Å². The van der Waals surface area contributed by atoms with Crippen LogP contribution in [0.25, 0.3) is 0 Å². The Hall–Kier alpha value is -1.06. The lowest BCUT2D eigenvalue weighted by Crippen LogP contribution is -2.27. The van der Waals surface area contributed by atoms with Gasteiger partial charge >= 0.3 is 0 Å². The number of benzene rings is 1. The summed E-state index contributed by atoms with van der Waals surface area (Å²) >= 11 is 0. The first-order chi connectivity index (χ1) is 9.28. The van der Waals surface area contributed by atoms with Crippen molar-refractivity contribution >= 4 is 0 Å². The molecule has 1 unspecified atom stereocenters. The maximum atomic E-state index is 5.80. The van der Waals surface area contributed by atoms with Crippen molar-refractivity contribution in [3.63, 3.8) is 0 Å². The minimum Gasteiger partial charge on any atom is -0.491 e. The minimum atomic E-state index is 0.294. The van der Waals surface area contributed by atoms with Gasteiger partial charge in [0.25, 0.3) is 0 Å². The van der Waals surface area contributed by atoms with Crippen LogP contribution in [0.15, 0.2) is 24.3 Å². The molecule has 19 heavy (non-hydrogen) atoms. The number of nitrogens with zero attached hydrogens (tertiary/aromatic N) is 1. The molecule has 0 saturated carbocycles. The Morgan fingerprint density at radius 3 is 2.74 bits per heavy atom. The molecule has 2 rings (SSSR count). The quantitative estimate of drug-likeness (QED) is 0.883. The van der Waals surface area contributed by atoms with Gasteiger partial charge in [-0.25, -0.2) is 0 Å². The zero-order valence-corrected chi connectivity index (χ0v) is 12.2. The van der Waals surface area contributed by atoms with Crippen LogP contribution in [0.4, 0.5) is 0 Å². The predicted molar refractivity (Wildman–Crippen MR) is 79.6 cm³/mol. The summed E-state index contributed by atoms with van der Waals surface area (Å²) < 4.78 is 5.80. The second kappa shape index (κ2) is 7.51. The summed E-state index contributed by atoms with van der Waals surface area (Å²) in [7, 11) is 0. The molecule has 1 heterocycles. The molecule has 0 aliphatic carbocycles. The standard InChI is InChI=1S/C16H26N2O/c1-3-14(2)19-16-7-5-15(6-8-16)13-18-11-4-9-17-10-12-18/h5-8,14,17H,3-4,9-13H2,1-2H3. The highest BCUT2D eigenvalue weighted by molar-refractivity contribution is 5.27. The molecule has 106 valence electrons. The molecule has 0 radical (unpaired) electrons. The molecule has 3 nitrogen and oxygen atoms in total. The van der Waals surface area contributed by atoms with E-state index in [0.29, 0.717) is 6.10 Å².